The number of aromatic hydroxyl groups is 1. The highest BCUT2D eigenvalue weighted by Gasteiger charge is 2.43. The number of aryl methyl sites for hydroxylation is 1. The van der Waals surface area contributed by atoms with Gasteiger partial charge in [0, 0.05) is 29.7 Å². The predicted molar refractivity (Wildman–Crippen MR) is 109 cm³/mol. The Hall–Kier alpha value is -3.15. The van der Waals surface area contributed by atoms with E-state index in [-0.39, 0.29) is 11.7 Å². The summed E-state index contributed by atoms with van der Waals surface area (Å²) in [6.45, 7) is 6.48. The largest absolute Gasteiger partial charge is 0.507 e. The zero-order chi connectivity index (χ0) is 19.7. The molecule has 6 heteroatoms. The lowest BCUT2D eigenvalue weighted by Gasteiger charge is -2.44. The third-order valence-electron chi connectivity index (χ3n) is 5.73. The number of para-hydroxylation sites is 1. The van der Waals surface area contributed by atoms with Crippen LogP contribution in [0.5, 0.6) is 5.75 Å². The molecule has 6 nitrogen and oxygen atoms in total. The van der Waals surface area contributed by atoms with Crippen LogP contribution in [0, 0.1) is 12.8 Å². The third-order valence-corrected chi connectivity index (χ3v) is 5.73. The number of benzene rings is 1. The van der Waals surface area contributed by atoms with Gasteiger partial charge in [0.05, 0.1) is 5.69 Å². The minimum atomic E-state index is 0.119. The van der Waals surface area contributed by atoms with E-state index in [1.807, 2.05) is 36.2 Å². The fraction of sp³-hybridized carbons (Fsp3) is 0.318. The number of phenols is 1. The van der Waals surface area contributed by atoms with Gasteiger partial charge in [0.15, 0.2) is 5.65 Å². The molecule has 5 rings (SSSR count). The topological polar surface area (TPSA) is 82.1 Å². The number of nitrogens with one attached hydrogen (secondary N) is 1. The number of phenolic OH excluding ortho intramolecular Hbond substituents is 1. The van der Waals surface area contributed by atoms with Gasteiger partial charge in [-0.25, -0.2) is 0 Å². The third kappa shape index (κ3) is 3.26. The molecule has 2 unspecified atom stereocenters. The molecule has 3 aromatic rings. The zero-order valence-corrected chi connectivity index (χ0v) is 15.9. The SMILES string of the molecule is C=CC(=O)N1CC2CCCC21.Cc1c[nH]c2nnc(-c3ccccc3O)cc12. The highest BCUT2D eigenvalue weighted by Crippen LogP contribution is 2.38. The van der Waals surface area contributed by atoms with E-state index < -0.39 is 0 Å². The smallest absolute Gasteiger partial charge is 0.246 e. The van der Waals surface area contributed by atoms with Crippen molar-refractivity contribution in [1.82, 2.24) is 20.1 Å². The van der Waals surface area contributed by atoms with E-state index in [0.29, 0.717) is 17.3 Å². The van der Waals surface area contributed by atoms with E-state index in [1.54, 1.807) is 12.1 Å². The molecule has 1 amide bonds. The van der Waals surface area contributed by atoms with Crippen LogP contribution in [-0.4, -0.2) is 43.7 Å². The molecule has 2 N–H and O–H groups in total. The van der Waals surface area contributed by atoms with Gasteiger partial charge >= 0.3 is 0 Å². The molecule has 1 saturated carbocycles. The average Bonchev–Trinajstić information content (AvgIpc) is 3.25. The number of nitrogens with zero attached hydrogens (tertiary/aromatic N) is 3. The normalized spacial score (nSPS) is 20.1. The minimum Gasteiger partial charge on any atom is -0.507 e. The summed E-state index contributed by atoms with van der Waals surface area (Å²) in [7, 11) is 0. The first kappa shape index (κ1) is 18.2. The number of rotatable bonds is 2. The summed E-state index contributed by atoms with van der Waals surface area (Å²) < 4.78 is 0. The summed E-state index contributed by atoms with van der Waals surface area (Å²) in [5.41, 5.74) is 3.26. The van der Waals surface area contributed by atoms with Gasteiger partial charge in [-0.15, -0.1) is 10.2 Å². The molecule has 1 aliphatic carbocycles. The lowest BCUT2D eigenvalue weighted by molar-refractivity contribution is -0.136. The number of likely N-dealkylation sites (tertiary alicyclic amines) is 1. The minimum absolute atomic E-state index is 0.119. The van der Waals surface area contributed by atoms with E-state index in [1.165, 1.54) is 25.3 Å². The molecular formula is C22H24N4O2. The number of fused-ring (bicyclic) bond motifs is 2. The lowest BCUT2D eigenvalue weighted by atomic mass is 9.92. The number of hydrogen-bond donors (Lipinski definition) is 2. The summed E-state index contributed by atoms with van der Waals surface area (Å²) >= 11 is 0. The second-order valence-electron chi connectivity index (χ2n) is 7.43. The maximum Gasteiger partial charge on any atom is 0.246 e. The van der Waals surface area contributed by atoms with Gasteiger partial charge < -0.3 is 15.0 Å². The van der Waals surface area contributed by atoms with E-state index >= 15 is 0 Å². The van der Waals surface area contributed by atoms with Crippen molar-refractivity contribution in [3.05, 3.63) is 54.7 Å². The van der Waals surface area contributed by atoms with Crippen molar-refractivity contribution in [2.24, 2.45) is 5.92 Å². The number of amides is 1. The van der Waals surface area contributed by atoms with Gasteiger partial charge in [-0.3, -0.25) is 4.79 Å². The van der Waals surface area contributed by atoms with Crippen molar-refractivity contribution >= 4 is 16.9 Å². The molecule has 0 bridgehead atoms. The maximum atomic E-state index is 11.1. The van der Waals surface area contributed by atoms with Crippen molar-refractivity contribution in [3.8, 4) is 17.0 Å². The zero-order valence-electron chi connectivity index (χ0n) is 15.9. The van der Waals surface area contributed by atoms with Crippen molar-refractivity contribution in [2.75, 3.05) is 6.54 Å². The Morgan fingerprint density at radius 3 is 2.89 bits per heavy atom. The number of carbonyl (C=O) groups is 1. The molecule has 2 atom stereocenters. The van der Waals surface area contributed by atoms with Crippen LogP contribution in [0.3, 0.4) is 0 Å². The van der Waals surface area contributed by atoms with Crippen LogP contribution in [0.4, 0.5) is 0 Å². The molecule has 0 radical (unpaired) electrons. The molecule has 0 spiro atoms. The van der Waals surface area contributed by atoms with Crippen molar-refractivity contribution in [1.29, 1.82) is 0 Å². The Balaban J connectivity index is 0.000000151. The summed E-state index contributed by atoms with van der Waals surface area (Å²) in [4.78, 5) is 16.1. The first-order chi connectivity index (χ1) is 13.6. The Labute approximate surface area is 163 Å². The molecule has 3 heterocycles. The summed E-state index contributed by atoms with van der Waals surface area (Å²) in [6, 6.07) is 9.62. The van der Waals surface area contributed by atoms with Crippen molar-refractivity contribution in [3.63, 3.8) is 0 Å². The van der Waals surface area contributed by atoms with E-state index in [4.69, 9.17) is 0 Å². The maximum absolute atomic E-state index is 11.1. The van der Waals surface area contributed by atoms with Gasteiger partial charge in [0.1, 0.15) is 5.75 Å². The first-order valence-corrected chi connectivity index (χ1v) is 9.61. The van der Waals surface area contributed by atoms with Crippen molar-refractivity contribution in [2.45, 2.75) is 32.2 Å². The highest BCUT2D eigenvalue weighted by atomic mass is 16.3. The number of hydrogen-bond acceptors (Lipinski definition) is 4. The Kier molecular flexibility index (Phi) is 4.86. The molecule has 144 valence electrons. The fourth-order valence-electron chi connectivity index (χ4n) is 4.14. The van der Waals surface area contributed by atoms with E-state index in [9.17, 15) is 9.90 Å². The summed E-state index contributed by atoms with van der Waals surface area (Å²) in [6.07, 6.45) is 7.16. The molecule has 1 aliphatic heterocycles. The van der Waals surface area contributed by atoms with Crippen molar-refractivity contribution < 1.29 is 9.90 Å². The van der Waals surface area contributed by atoms with Crippen LogP contribution in [0.25, 0.3) is 22.3 Å². The van der Waals surface area contributed by atoms with Gasteiger partial charge in [-0.05, 0) is 55.5 Å². The lowest BCUT2D eigenvalue weighted by Crippen LogP contribution is -2.55. The van der Waals surface area contributed by atoms with Crippen LogP contribution in [0.15, 0.2) is 49.2 Å². The first-order valence-electron chi connectivity index (χ1n) is 9.61. The van der Waals surface area contributed by atoms with Crippen LogP contribution in [0.2, 0.25) is 0 Å². The molecular weight excluding hydrogens is 352 g/mol. The summed E-state index contributed by atoms with van der Waals surface area (Å²) in [5, 5.41) is 19.0. The second-order valence-corrected chi connectivity index (χ2v) is 7.43. The number of aromatic nitrogens is 3. The van der Waals surface area contributed by atoms with Crippen LogP contribution < -0.4 is 0 Å². The molecule has 1 aromatic carbocycles. The van der Waals surface area contributed by atoms with E-state index in [2.05, 4.69) is 21.8 Å². The predicted octanol–water partition coefficient (Wildman–Crippen LogP) is 3.82. The Morgan fingerprint density at radius 2 is 2.14 bits per heavy atom. The molecule has 1 saturated heterocycles. The summed E-state index contributed by atoms with van der Waals surface area (Å²) in [5.74, 6) is 1.15. The molecule has 2 fully saturated rings. The average molecular weight is 376 g/mol. The van der Waals surface area contributed by atoms with Crippen LogP contribution >= 0.6 is 0 Å². The monoisotopic (exact) mass is 376 g/mol. The Bertz CT molecular complexity index is 1030. The number of carbonyl (C=O) groups excluding carboxylic acids is 1. The Morgan fingerprint density at radius 1 is 1.32 bits per heavy atom. The van der Waals surface area contributed by atoms with E-state index in [0.717, 1.165) is 29.1 Å². The molecule has 2 aromatic heterocycles. The fourth-order valence-corrected chi connectivity index (χ4v) is 4.14. The van der Waals surface area contributed by atoms with Gasteiger partial charge in [-0.2, -0.15) is 0 Å². The van der Waals surface area contributed by atoms with Crippen LogP contribution in [0.1, 0.15) is 24.8 Å². The quantitative estimate of drug-likeness (QED) is 0.666. The van der Waals surface area contributed by atoms with Gasteiger partial charge in [-0.1, -0.05) is 25.1 Å². The standard InChI is InChI=1S/C13H11N3O.C9H13NO/c1-8-7-14-13-10(8)6-11(15-16-13)9-4-2-3-5-12(9)17;1-2-9(11)10-6-7-4-3-5-8(7)10/h2-7,17H,1H3,(H,14,16);2,7-8H,1,3-6H2. The van der Waals surface area contributed by atoms with Gasteiger partial charge in [0.25, 0.3) is 0 Å². The highest BCUT2D eigenvalue weighted by molar-refractivity contribution is 5.88. The molecule has 2 aliphatic rings. The number of H-pyrrole nitrogens is 1. The molecule has 28 heavy (non-hydrogen) atoms. The number of aromatic amines is 1. The van der Waals surface area contributed by atoms with Gasteiger partial charge in [0.2, 0.25) is 5.91 Å². The van der Waals surface area contributed by atoms with Crippen LogP contribution in [-0.2, 0) is 4.79 Å². The second kappa shape index (κ2) is 7.46.